The van der Waals surface area contributed by atoms with E-state index in [1.54, 1.807) is 7.11 Å². The van der Waals surface area contributed by atoms with E-state index >= 15 is 0 Å². The molecular formula is C19H19NO. The highest BCUT2D eigenvalue weighted by Gasteiger charge is 2.00. The number of ether oxygens (including phenoxy) is 1. The molecule has 21 heavy (non-hydrogen) atoms. The van der Waals surface area contributed by atoms with Crippen LogP contribution in [-0.2, 0) is 13.5 Å². The predicted octanol–water partition coefficient (Wildman–Crippen LogP) is 4.44. The number of benzene rings is 2. The molecule has 1 heterocycles. The van der Waals surface area contributed by atoms with Gasteiger partial charge in [0, 0.05) is 24.1 Å². The van der Waals surface area contributed by atoms with Gasteiger partial charge >= 0.3 is 0 Å². The fourth-order valence-electron chi connectivity index (χ4n) is 2.60. The van der Waals surface area contributed by atoms with E-state index in [9.17, 15) is 0 Å². The number of nitrogens with zero attached hydrogens (tertiary/aromatic N) is 1. The van der Waals surface area contributed by atoms with E-state index in [4.69, 9.17) is 4.74 Å². The van der Waals surface area contributed by atoms with Crippen LogP contribution in [0.15, 0.2) is 60.8 Å². The Morgan fingerprint density at radius 1 is 1.10 bits per heavy atom. The molecule has 0 N–H and O–H groups in total. The van der Waals surface area contributed by atoms with E-state index in [0.29, 0.717) is 0 Å². The summed E-state index contributed by atoms with van der Waals surface area (Å²) in [5.41, 5.74) is 3.69. The lowest BCUT2D eigenvalue weighted by molar-refractivity contribution is 0.411. The van der Waals surface area contributed by atoms with Crippen LogP contribution in [0, 0.1) is 0 Å². The largest absolute Gasteiger partial charge is 0.496 e. The number of fused-ring (bicyclic) bond motifs is 1. The number of aryl methyl sites for hydroxylation is 1. The summed E-state index contributed by atoms with van der Waals surface area (Å²) >= 11 is 0. The number of rotatable bonds is 4. The van der Waals surface area contributed by atoms with E-state index < -0.39 is 0 Å². The van der Waals surface area contributed by atoms with Crippen molar-refractivity contribution >= 4 is 17.0 Å². The van der Waals surface area contributed by atoms with Crippen LogP contribution in [0.5, 0.6) is 5.75 Å². The number of para-hydroxylation sites is 1. The Morgan fingerprint density at radius 3 is 2.81 bits per heavy atom. The summed E-state index contributed by atoms with van der Waals surface area (Å²) in [6.07, 6.45) is 7.31. The van der Waals surface area contributed by atoms with Crippen LogP contribution in [0.25, 0.3) is 17.0 Å². The second-order valence-corrected chi connectivity index (χ2v) is 5.16. The Hall–Kier alpha value is -2.48. The topological polar surface area (TPSA) is 14.2 Å². The summed E-state index contributed by atoms with van der Waals surface area (Å²) in [5, 5.41) is 1.27. The second kappa shape index (κ2) is 5.88. The summed E-state index contributed by atoms with van der Waals surface area (Å²) in [7, 11) is 3.78. The first-order valence-corrected chi connectivity index (χ1v) is 7.11. The molecule has 0 aliphatic rings. The van der Waals surface area contributed by atoms with Crippen LogP contribution in [0.4, 0.5) is 0 Å². The molecule has 2 aromatic carbocycles. The van der Waals surface area contributed by atoms with Crippen molar-refractivity contribution in [2.75, 3.05) is 7.11 Å². The molecule has 0 aliphatic carbocycles. The molecule has 2 nitrogen and oxygen atoms in total. The van der Waals surface area contributed by atoms with Crippen molar-refractivity contribution in [3.05, 3.63) is 71.9 Å². The van der Waals surface area contributed by atoms with Crippen LogP contribution >= 0.6 is 0 Å². The van der Waals surface area contributed by atoms with Crippen LogP contribution in [0.3, 0.4) is 0 Å². The quantitative estimate of drug-likeness (QED) is 0.687. The Balaban J connectivity index is 1.78. The lowest BCUT2D eigenvalue weighted by Gasteiger charge is -2.05. The zero-order valence-corrected chi connectivity index (χ0v) is 12.4. The summed E-state index contributed by atoms with van der Waals surface area (Å²) < 4.78 is 7.51. The van der Waals surface area contributed by atoms with E-state index in [1.165, 1.54) is 22.0 Å². The molecule has 0 saturated heterocycles. The van der Waals surface area contributed by atoms with Crippen molar-refractivity contribution in [3.63, 3.8) is 0 Å². The third kappa shape index (κ3) is 2.84. The van der Waals surface area contributed by atoms with E-state index in [-0.39, 0.29) is 0 Å². The van der Waals surface area contributed by atoms with Crippen LogP contribution in [0.2, 0.25) is 0 Å². The van der Waals surface area contributed by atoms with Gasteiger partial charge in [0.1, 0.15) is 5.75 Å². The SMILES string of the molecule is COc1ccccc1C/C=C/c1ccc2c(ccn2C)c1. The minimum atomic E-state index is 0.872. The maximum Gasteiger partial charge on any atom is 0.122 e. The summed E-state index contributed by atoms with van der Waals surface area (Å²) in [4.78, 5) is 0. The molecule has 2 heteroatoms. The van der Waals surface area contributed by atoms with Crippen molar-refractivity contribution < 1.29 is 4.74 Å². The van der Waals surface area contributed by atoms with Crippen LogP contribution < -0.4 is 4.74 Å². The Labute approximate surface area is 125 Å². The van der Waals surface area contributed by atoms with E-state index in [1.807, 2.05) is 18.2 Å². The fraction of sp³-hybridized carbons (Fsp3) is 0.158. The van der Waals surface area contributed by atoms with Gasteiger partial charge in [-0.05, 0) is 41.8 Å². The van der Waals surface area contributed by atoms with Gasteiger partial charge in [-0.15, -0.1) is 0 Å². The molecule has 1 aromatic heterocycles. The number of allylic oxidation sites excluding steroid dienone is 1. The predicted molar refractivity (Wildman–Crippen MR) is 88.7 cm³/mol. The van der Waals surface area contributed by atoms with E-state index in [2.05, 4.69) is 60.3 Å². The lowest BCUT2D eigenvalue weighted by atomic mass is 10.1. The summed E-state index contributed by atoms with van der Waals surface area (Å²) in [6, 6.07) is 16.8. The highest BCUT2D eigenvalue weighted by Crippen LogP contribution is 2.20. The third-order valence-electron chi connectivity index (χ3n) is 3.75. The smallest absolute Gasteiger partial charge is 0.122 e. The lowest BCUT2D eigenvalue weighted by Crippen LogP contribution is -1.89. The number of hydrogen-bond donors (Lipinski definition) is 0. The number of hydrogen-bond acceptors (Lipinski definition) is 1. The van der Waals surface area contributed by atoms with Gasteiger partial charge in [-0.2, -0.15) is 0 Å². The first kappa shape index (κ1) is 13.5. The molecule has 0 amide bonds. The minimum absolute atomic E-state index is 0.872. The van der Waals surface area contributed by atoms with Gasteiger partial charge in [0.25, 0.3) is 0 Å². The van der Waals surface area contributed by atoms with E-state index in [0.717, 1.165) is 12.2 Å². The molecule has 3 rings (SSSR count). The third-order valence-corrected chi connectivity index (χ3v) is 3.75. The van der Waals surface area contributed by atoms with Crippen molar-refractivity contribution in [1.29, 1.82) is 0 Å². The molecule has 0 spiro atoms. The van der Waals surface area contributed by atoms with Gasteiger partial charge in [-0.3, -0.25) is 0 Å². The highest BCUT2D eigenvalue weighted by atomic mass is 16.5. The van der Waals surface area contributed by atoms with Crippen LogP contribution in [-0.4, -0.2) is 11.7 Å². The number of methoxy groups -OCH3 is 1. The standard InChI is InChI=1S/C19H19NO/c1-20-13-12-17-14-15(10-11-18(17)20)6-5-8-16-7-3-4-9-19(16)21-2/h3-7,9-14H,8H2,1-2H3/b6-5+. The Bertz CT molecular complexity index is 783. The average Bonchev–Trinajstić information content (AvgIpc) is 2.89. The molecular weight excluding hydrogens is 258 g/mol. The molecule has 0 bridgehead atoms. The van der Waals surface area contributed by atoms with Crippen molar-refractivity contribution in [2.45, 2.75) is 6.42 Å². The number of aromatic nitrogens is 1. The molecule has 0 radical (unpaired) electrons. The molecule has 106 valence electrons. The fourth-order valence-corrected chi connectivity index (χ4v) is 2.60. The first-order chi connectivity index (χ1) is 10.3. The molecule has 0 fully saturated rings. The maximum absolute atomic E-state index is 5.37. The zero-order chi connectivity index (χ0) is 14.7. The Kier molecular flexibility index (Phi) is 3.78. The maximum atomic E-state index is 5.37. The molecule has 0 saturated carbocycles. The molecule has 0 aliphatic heterocycles. The van der Waals surface area contributed by atoms with Gasteiger partial charge in [-0.1, -0.05) is 36.4 Å². The zero-order valence-electron chi connectivity index (χ0n) is 12.4. The van der Waals surface area contributed by atoms with Crippen LogP contribution in [0.1, 0.15) is 11.1 Å². The molecule has 3 aromatic rings. The first-order valence-electron chi connectivity index (χ1n) is 7.11. The molecule has 0 unspecified atom stereocenters. The van der Waals surface area contributed by atoms with Crippen molar-refractivity contribution in [1.82, 2.24) is 4.57 Å². The van der Waals surface area contributed by atoms with Crippen molar-refractivity contribution in [3.8, 4) is 5.75 Å². The Morgan fingerprint density at radius 2 is 1.95 bits per heavy atom. The monoisotopic (exact) mass is 277 g/mol. The average molecular weight is 277 g/mol. The summed E-state index contributed by atoms with van der Waals surface area (Å²) in [6.45, 7) is 0. The van der Waals surface area contributed by atoms with Gasteiger partial charge < -0.3 is 9.30 Å². The second-order valence-electron chi connectivity index (χ2n) is 5.16. The van der Waals surface area contributed by atoms with Gasteiger partial charge in [0.05, 0.1) is 7.11 Å². The molecule has 0 atom stereocenters. The van der Waals surface area contributed by atoms with Gasteiger partial charge in [0.15, 0.2) is 0 Å². The van der Waals surface area contributed by atoms with Gasteiger partial charge in [0.2, 0.25) is 0 Å². The minimum Gasteiger partial charge on any atom is -0.496 e. The van der Waals surface area contributed by atoms with Gasteiger partial charge in [-0.25, -0.2) is 0 Å². The summed E-state index contributed by atoms with van der Waals surface area (Å²) in [5.74, 6) is 0.945. The van der Waals surface area contributed by atoms with Crippen molar-refractivity contribution in [2.24, 2.45) is 7.05 Å². The highest BCUT2D eigenvalue weighted by molar-refractivity contribution is 5.82. The normalized spacial score (nSPS) is 11.3.